The van der Waals surface area contributed by atoms with E-state index >= 15 is 0 Å². The van der Waals surface area contributed by atoms with Gasteiger partial charge in [0.15, 0.2) is 10.4 Å². The maximum atomic E-state index is 12.9. The van der Waals surface area contributed by atoms with Crippen molar-refractivity contribution in [3.8, 4) is 0 Å². The van der Waals surface area contributed by atoms with Gasteiger partial charge in [-0.2, -0.15) is 0 Å². The lowest BCUT2D eigenvalue weighted by Crippen LogP contribution is -2.16. The summed E-state index contributed by atoms with van der Waals surface area (Å²) in [6, 6.07) is 3.01. The van der Waals surface area contributed by atoms with Crippen LogP contribution < -0.4 is 10.5 Å². The van der Waals surface area contributed by atoms with Gasteiger partial charge in [0.2, 0.25) is 0 Å². The Bertz CT molecular complexity index is 770. The van der Waals surface area contributed by atoms with Gasteiger partial charge >= 0.3 is 0 Å². The predicted octanol–water partition coefficient (Wildman–Crippen LogP) is 2.52. The molecular weight excluding hydrogens is 419 g/mol. The summed E-state index contributed by atoms with van der Waals surface area (Å²) in [5.41, 5.74) is 5.31. The molecule has 0 aliphatic heterocycles. The van der Waals surface area contributed by atoms with Crippen LogP contribution in [0.2, 0.25) is 0 Å². The maximum absolute atomic E-state index is 12.9. The fourth-order valence-corrected chi connectivity index (χ4v) is 3.53. The first-order valence-electron chi connectivity index (χ1n) is 5.05. The quantitative estimate of drug-likeness (QED) is 0.736. The number of halogens is 3. The van der Waals surface area contributed by atoms with E-state index in [1.54, 1.807) is 0 Å². The van der Waals surface area contributed by atoms with Crippen molar-refractivity contribution in [2.75, 3.05) is 10.5 Å². The second kappa shape index (κ2) is 5.62. The number of nitrogens with two attached hydrogens (primary N) is 1. The van der Waals surface area contributed by atoms with Gasteiger partial charge in [0.05, 0.1) is 11.9 Å². The van der Waals surface area contributed by atoms with Gasteiger partial charge in [0.1, 0.15) is 15.3 Å². The molecule has 0 saturated carbocycles. The SMILES string of the molecule is Nc1cc(F)ccc1S(=O)(=O)Nc1ncc(Br)nc1Br. The molecule has 3 N–H and O–H groups in total. The molecule has 2 rings (SSSR count). The summed E-state index contributed by atoms with van der Waals surface area (Å²) >= 11 is 6.18. The van der Waals surface area contributed by atoms with Gasteiger partial charge in [-0.15, -0.1) is 0 Å². The first-order chi connectivity index (χ1) is 9.29. The molecule has 1 aromatic carbocycles. The molecule has 2 aromatic rings. The first-order valence-corrected chi connectivity index (χ1v) is 8.12. The van der Waals surface area contributed by atoms with Crippen LogP contribution in [-0.4, -0.2) is 18.4 Å². The normalized spacial score (nSPS) is 11.3. The van der Waals surface area contributed by atoms with Crippen LogP contribution in [0.1, 0.15) is 0 Å². The third-order valence-corrected chi connectivity index (χ3v) is 4.54. The third kappa shape index (κ3) is 3.25. The number of nitrogens with one attached hydrogen (secondary N) is 1. The van der Waals surface area contributed by atoms with E-state index in [0.717, 1.165) is 18.2 Å². The van der Waals surface area contributed by atoms with Gasteiger partial charge in [-0.25, -0.2) is 22.8 Å². The van der Waals surface area contributed by atoms with Crippen LogP contribution in [0.3, 0.4) is 0 Å². The summed E-state index contributed by atoms with van der Waals surface area (Å²) in [5.74, 6) is -0.622. The highest BCUT2D eigenvalue weighted by molar-refractivity contribution is 9.11. The zero-order valence-corrected chi connectivity index (χ0v) is 13.6. The summed E-state index contributed by atoms with van der Waals surface area (Å²) in [7, 11) is -3.99. The lowest BCUT2D eigenvalue weighted by atomic mass is 10.3. The number of hydrogen-bond acceptors (Lipinski definition) is 5. The van der Waals surface area contributed by atoms with Crippen molar-refractivity contribution >= 4 is 53.4 Å². The Labute approximate surface area is 130 Å². The highest BCUT2D eigenvalue weighted by Crippen LogP contribution is 2.25. The lowest BCUT2D eigenvalue weighted by Gasteiger charge is -2.10. The highest BCUT2D eigenvalue weighted by Gasteiger charge is 2.20. The van der Waals surface area contributed by atoms with Crippen molar-refractivity contribution in [2.45, 2.75) is 4.90 Å². The number of aromatic nitrogens is 2. The van der Waals surface area contributed by atoms with Crippen molar-refractivity contribution in [3.05, 3.63) is 39.4 Å². The van der Waals surface area contributed by atoms with E-state index in [1.165, 1.54) is 6.20 Å². The molecule has 0 fully saturated rings. The molecule has 20 heavy (non-hydrogen) atoms. The van der Waals surface area contributed by atoms with Gasteiger partial charge in [0.25, 0.3) is 10.0 Å². The molecule has 0 bridgehead atoms. The van der Waals surface area contributed by atoms with Crippen LogP contribution in [0.15, 0.2) is 38.5 Å². The van der Waals surface area contributed by atoms with Crippen LogP contribution in [0.25, 0.3) is 0 Å². The van der Waals surface area contributed by atoms with E-state index in [9.17, 15) is 12.8 Å². The average molecular weight is 426 g/mol. The number of anilines is 2. The molecule has 0 spiro atoms. The van der Waals surface area contributed by atoms with E-state index in [1.807, 2.05) is 0 Å². The molecule has 0 aliphatic carbocycles. The second-order valence-electron chi connectivity index (χ2n) is 3.62. The van der Waals surface area contributed by atoms with Crippen molar-refractivity contribution in [1.29, 1.82) is 0 Å². The summed E-state index contributed by atoms with van der Waals surface area (Å²) in [6.07, 6.45) is 1.33. The minimum atomic E-state index is -3.99. The van der Waals surface area contributed by atoms with Crippen molar-refractivity contribution < 1.29 is 12.8 Å². The number of rotatable bonds is 3. The number of hydrogen-bond donors (Lipinski definition) is 2. The number of nitrogen functional groups attached to an aromatic ring is 1. The fourth-order valence-electron chi connectivity index (χ4n) is 1.36. The summed E-state index contributed by atoms with van der Waals surface area (Å²) in [5, 5.41) is 0. The van der Waals surface area contributed by atoms with Gasteiger partial charge in [-0.05, 0) is 50.1 Å². The van der Waals surface area contributed by atoms with Gasteiger partial charge in [-0.1, -0.05) is 0 Å². The number of nitrogens with zero attached hydrogens (tertiary/aromatic N) is 2. The molecule has 0 amide bonds. The third-order valence-electron chi connectivity index (χ3n) is 2.19. The molecule has 10 heteroatoms. The largest absolute Gasteiger partial charge is 0.398 e. The zero-order valence-electron chi connectivity index (χ0n) is 9.64. The van der Waals surface area contributed by atoms with Crippen LogP contribution in [-0.2, 0) is 10.0 Å². The van der Waals surface area contributed by atoms with Gasteiger partial charge in [0, 0.05) is 0 Å². The lowest BCUT2D eigenvalue weighted by molar-refractivity contribution is 0.600. The second-order valence-corrected chi connectivity index (χ2v) is 6.83. The van der Waals surface area contributed by atoms with Crippen LogP contribution in [0.5, 0.6) is 0 Å². The minimum Gasteiger partial charge on any atom is -0.398 e. The Hall–Kier alpha value is -1.26. The van der Waals surface area contributed by atoms with E-state index in [4.69, 9.17) is 5.73 Å². The predicted molar refractivity (Wildman–Crippen MR) is 79.1 cm³/mol. The number of sulfonamides is 1. The van der Waals surface area contributed by atoms with E-state index < -0.39 is 15.8 Å². The highest BCUT2D eigenvalue weighted by atomic mass is 79.9. The zero-order chi connectivity index (χ0) is 14.9. The van der Waals surface area contributed by atoms with E-state index in [0.29, 0.717) is 4.60 Å². The Balaban J connectivity index is 2.41. The molecule has 0 saturated heterocycles. The molecule has 0 unspecified atom stereocenters. The van der Waals surface area contributed by atoms with Crippen LogP contribution in [0.4, 0.5) is 15.9 Å². The average Bonchev–Trinajstić information content (AvgIpc) is 2.32. The fraction of sp³-hybridized carbons (Fsp3) is 0. The topological polar surface area (TPSA) is 98.0 Å². The molecule has 6 nitrogen and oxygen atoms in total. The van der Waals surface area contributed by atoms with Crippen molar-refractivity contribution in [1.82, 2.24) is 9.97 Å². The monoisotopic (exact) mass is 424 g/mol. The molecule has 0 aliphatic rings. The van der Waals surface area contributed by atoms with Crippen molar-refractivity contribution in [2.24, 2.45) is 0 Å². The summed E-state index contributed by atoms with van der Waals surface area (Å²) < 4.78 is 40.1. The minimum absolute atomic E-state index is 0.00285. The van der Waals surface area contributed by atoms with Gasteiger partial charge < -0.3 is 5.73 Å². The molecule has 0 atom stereocenters. The molecular formula is C10H7Br2FN4O2S. The van der Waals surface area contributed by atoms with E-state index in [2.05, 4.69) is 46.5 Å². The van der Waals surface area contributed by atoms with E-state index in [-0.39, 0.29) is 21.0 Å². The van der Waals surface area contributed by atoms with Crippen LogP contribution in [0, 0.1) is 5.82 Å². The number of benzene rings is 1. The van der Waals surface area contributed by atoms with Crippen molar-refractivity contribution in [3.63, 3.8) is 0 Å². The smallest absolute Gasteiger partial charge is 0.265 e. The maximum Gasteiger partial charge on any atom is 0.265 e. The molecule has 1 aromatic heterocycles. The Morgan fingerprint density at radius 1 is 1.30 bits per heavy atom. The Morgan fingerprint density at radius 3 is 2.60 bits per heavy atom. The van der Waals surface area contributed by atoms with Crippen LogP contribution >= 0.6 is 31.9 Å². The first kappa shape index (κ1) is 15.1. The Morgan fingerprint density at radius 2 is 2.00 bits per heavy atom. The molecule has 1 heterocycles. The Kier molecular flexibility index (Phi) is 4.25. The summed E-state index contributed by atoms with van der Waals surface area (Å²) in [6.45, 7) is 0. The molecule has 0 radical (unpaired) electrons. The van der Waals surface area contributed by atoms with Gasteiger partial charge in [-0.3, -0.25) is 4.72 Å². The summed E-state index contributed by atoms with van der Waals surface area (Å²) in [4.78, 5) is 7.57. The molecule has 106 valence electrons. The standard InChI is InChI=1S/C10H7Br2FN4O2S/c11-8-4-15-10(9(12)16-8)17-20(18,19)7-2-1-5(13)3-6(7)14/h1-4H,14H2,(H,15,17).